The Hall–Kier alpha value is -2.71. The molecule has 2 atom stereocenters. The van der Waals surface area contributed by atoms with E-state index in [1.54, 1.807) is 17.9 Å². The van der Waals surface area contributed by atoms with Crippen LogP contribution in [0.1, 0.15) is 47.3 Å². The molecular formula is C18H21N5O4. The van der Waals surface area contributed by atoms with Gasteiger partial charge in [0.25, 0.3) is 5.91 Å². The summed E-state index contributed by atoms with van der Waals surface area (Å²) in [5.74, 6) is 1.57. The van der Waals surface area contributed by atoms with Gasteiger partial charge < -0.3 is 9.42 Å². The lowest BCUT2D eigenvalue weighted by Crippen LogP contribution is -2.45. The third-order valence-corrected chi connectivity index (χ3v) is 6.14. The quantitative estimate of drug-likeness (QED) is 0.722. The number of hydrogen-bond acceptors (Lipinski definition) is 6. The predicted molar refractivity (Wildman–Crippen MR) is 93.5 cm³/mol. The van der Waals surface area contributed by atoms with Crippen LogP contribution in [0.2, 0.25) is 0 Å². The highest BCUT2D eigenvalue weighted by molar-refractivity contribution is 5.92. The Kier molecular flexibility index (Phi) is 3.60. The maximum Gasteiger partial charge on any atom is 0.332 e. The summed E-state index contributed by atoms with van der Waals surface area (Å²) < 4.78 is 7.86. The van der Waals surface area contributed by atoms with Crippen LogP contribution < -0.4 is 11.1 Å². The molecular weight excluding hydrogens is 350 g/mol. The molecule has 0 radical (unpaired) electrons. The molecule has 0 aromatic carbocycles. The lowest BCUT2D eigenvalue weighted by molar-refractivity contribution is 0.0772. The number of nitrogens with zero attached hydrogens (tertiary/aromatic N) is 5. The smallest absolute Gasteiger partial charge is 0.332 e. The van der Waals surface area contributed by atoms with E-state index in [0.717, 1.165) is 12.8 Å². The largest absolute Gasteiger partial charge is 0.361 e. The zero-order chi connectivity index (χ0) is 18.7. The van der Waals surface area contributed by atoms with Crippen LogP contribution >= 0.6 is 0 Å². The van der Waals surface area contributed by atoms with Gasteiger partial charge in [0.2, 0.25) is 0 Å². The molecule has 1 amide bonds. The molecule has 2 aromatic rings. The number of rotatable bonds is 3. The van der Waals surface area contributed by atoms with Gasteiger partial charge in [-0.05, 0) is 25.7 Å². The number of aromatic nitrogens is 4. The normalized spacial score (nSPS) is 24.0. The molecule has 2 aromatic heterocycles. The molecule has 1 aliphatic carbocycles. The summed E-state index contributed by atoms with van der Waals surface area (Å²) in [7, 11) is 0. The van der Waals surface area contributed by atoms with Gasteiger partial charge in [-0.3, -0.25) is 19.0 Å². The van der Waals surface area contributed by atoms with Crippen molar-refractivity contribution in [2.24, 2.45) is 11.8 Å². The minimum Gasteiger partial charge on any atom is -0.361 e. The van der Waals surface area contributed by atoms with Gasteiger partial charge in [0.15, 0.2) is 5.69 Å². The van der Waals surface area contributed by atoms with Gasteiger partial charge in [0, 0.05) is 44.1 Å². The van der Waals surface area contributed by atoms with Crippen molar-refractivity contribution in [3.8, 4) is 0 Å². The summed E-state index contributed by atoms with van der Waals surface area (Å²) >= 11 is 0. The maximum absolute atomic E-state index is 12.6. The monoisotopic (exact) mass is 371 g/mol. The molecule has 4 heterocycles. The van der Waals surface area contributed by atoms with Gasteiger partial charge in [0.05, 0.1) is 0 Å². The lowest BCUT2D eigenvalue weighted by atomic mass is 9.85. The molecule has 3 aliphatic rings. The van der Waals surface area contributed by atoms with E-state index < -0.39 is 11.1 Å². The van der Waals surface area contributed by atoms with Crippen LogP contribution in [0, 0.1) is 18.8 Å². The van der Waals surface area contributed by atoms with Crippen molar-refractivity contribution in [3.63, 3.8) is 0 Å². The summed E-state index contributed by atoms with van der Waals surface area (Å²) in [6, 6.07) is 1.63. The Morgan fingerprint density at radius 2 is 2.04 bits per heavy atom. The summed E-state index contributed by atoms with van der Waals surface area (Å²) in [5.41, 5.74) is -0.719. The lowest BCUT2D eigenvalue weighted by Gasteiger charge is -2.25. The molecule has 1 saturated carbocycles. The molecule has 9 nitrogen and oxygen atoms in total. The van der Waals surface area contributed by atoms with E-state index >= 15 is 0 Å². The fourth-order valence-electron chi connectivity index (χ4n) is 4.43. The van der Waals surface area contributed by atoms with E-state index in [0.29, 0.717) is 49.4 Å². The number of likely N-dealkylation sites (tertiary alicyclic amines) is 1. The van der Waals surface area contributed by atoms with Gasteiger partial charge >= 0.3 is 11.1 Å². The highest BCUT2D eigenvalue weighted by Crippen LogP contribution is 2.37. The standard InChI is InChI=1S/C18H21N5O4/c1-10-5-14(20-27-10)16(24)21-7-12-8-22-15(13(12)9-21)19-23(18(26)17(22)25)6-11-3-2-4-11/h5,11-13H,2-4,6-9H2,1H3/t12-,13-/m1/s1. The van der Waals surface area contributed by atoms with Gasteiger partial charge in [-0.2, -0.15) is 5.10 Å². The fourth-order valence-corrected chi connectivity index (χ4v) is 4.43. The molecule has 2 fully saturated rings. The number of amides is 1. The van der Waals surface area contributed by atoms with Crippen molar-refractivity contribution in [1.29, 1.82) is 0 Å². The van der Waals surface area contributed by atoms with Crippen molar-refractivity contribution in [3.05, 3.63) is 44.1 Å². The zero-order valence-corrected chi connectivity index (χ0v) is 15.1. The highest BCUT2D eigenvalue weighted by atomic mass is 16.5. The van der Waals surface area contributed by atoms with Crippen LogP contribution in [0.4, 0.5) is 0 Å². The van der Waals surface area contributed by atoms with Gasteiger partial charge in [-0.25, -0.2) is 4.68 Å². The minimum absolute atomic E-state index is 0.0251. The van der Waals surface area contributed by atoms with E-state index in [1.807, 2.05) is 0 Å². The second-order valence-corrected chi connectivity index (χ2v) is 7.96. The van der Waals surface area contributed by atoms with Crippen molar-refractivity contribution in [2.75, 3.05) is 13.1 Å². The second-order valence-electron chi connectivity index (χ2n) is 7.96. The zero-order valence-electron chi connectivity index (χ0n) is 15.1. The minimum atomic E-state index is -0.531. The Labute approximate surface area is 154 Å². The van der Waals surface area contributed by atoms with Gasteiger partial charge in [-0.15, -0.1) is 0 Å². The number of hydrogen-bond donors (Lipinski definition) is 0. The van der Waals surface area contributed by atoms with Crippen LogP contribution in [-0.4, -0.2) is 43.4 Å². The summed E-state index contributed by atoms with van der Waals surface area (Å²) in [6.07, 6.45) is 3.34. The van der Waals surface area contributed by atoms with E-state index in [9.17, 15) is 14.4 Å². The second kappa shape index (κ2) is 5.90. The summed E-state index contributed by atoms with van der Waals surface area (Å²) in [4.78, 5) is 39.3. The van der Waals surface area contributed by atoms with Crippen molar-refractivity contribution in [2.45, 2.75) is 45.2 Å². The summed E-state index contributed by atoms with van der Waals surface area (Å²) in [5, 5.41) is 8.35. The fraction of sp³-hybridized carbons (Fsp3) is 0.611. The number of aryl methyl sites for hydroxylation is 1. The number of carbonyl (C=O) groups is 1. The first-order valence-corrected chi connectivity index (χ1v) is 9.45. The first kappa shape index (κ1) is 16.5. The molecule has 27 heavy (non-hydrogen) atoms. The SMILES string of the molecule is Cc1cc(C(=O)N2C[C@@H]3Cn4c(nn(CC5CCC5)c(=O)c4=O)[C@@H]3C2)no1. The average molecular weight is 371 g/mol. The Bertz CT molecular complexity index is 1030. The van der Waals surface area contributed by atoms with Crippen molar-refractivity contribution < 1.29 is 9.32 Å². The highest BCUT2D eigenvalue weighted by Gasteiger charge is 2.44. The van der Waals surface area contributed by atoms with Gasteiger partial charge in [-0.1, -0.05) is 11.6 Å². The van der Waals surface area contributed by atoms with Crippen LogP contribution in [-0.2, 0) is 13.1 Å². The first-order valence-electron chi connectivity index (χ1n) is 9.45. The van der Waals surface area contributed by atoms with E-state index in [4.69, 9.17) is 4.52 Å². The Morgan fingerprint density at radius 1 is 1.22 bits per heavy atom. The molecule has 0 bridgehead atoms. The molecule has 0 N–H and O–H groups in total. The molecule has 9 heteroatoms. The maximum atomic E-state index is 12.6. The Balaban J connectivity index is 1.42. The number of carbonyl (C=O) groups excluding carboxylic acids is 1. The molecule has 142 valence electrons. The average Bonchev–Trinajstić information content (AvgIpc) is 3.29. The van der Waals surface area contributed by atoms with Crippen LogP contribution in [0.15, 0.2) is 20.2 Å². The Morgan fingerprint density at radius 3 is 2.70 bits per heavy atom. The molecule has 2 aliphatic heterocycles. The summed E-state index contributed by atoms with van der Waals surface area (Å²) in [6.45, 7) is 3.70. The van der Waals surface area contributed by atoms with E-state index in [-0.39, 0.29) is 17.7 Å². The van der Waals surface area contributed by atoms with E-state index in [2.05, 4.69) is 10.3 Å². The number of fused-ring (bicyclic) bond motifs is 3. The third-order valence-electron chi connectivity index (χ3n) is 6.14. The van der Waals surface area contributed by atoms with Crippen molar-refractivity contribution in [1.82, 2.24) is 24.4 Å². The first-order chi connectivity index (χ1) is 13.0. The molecule has 5 rings (SSSR count). The van der Waals surface area contributed by atoms with Crippen LogP contribution in [0.25, 0.3) is 0 Å². The molecule has 1 saturated heterocycles. The van der Waals surface area contributed by atoms with Crippen LogP contribution in [0.5, 0.6) is 0 Å². The van der Waals surface area contributed by atoms with Crippen molar-refractivity contribution >= 4 is 5.91 Å². The molecule has 0 unspecified atom stereocenters. The van der Waals surface area contributed by atoms with Gasteiger partial charge in [0.1, 0.15) is 11.6 Å². The predicted octanol–water partition coefficient (Wildman–Crippen LogP) is 0.371. The van der Waals surface area contributed by atoms with Crippen LogP contribution in [0.3, 0.4) is 0 Å². The van der Waals surface area contributed by atoms with E-state index in [1.165, 1.54) is 15.7 Å². The molecule has 0 spiro atoms. The topological polar surface area (TPSA) is 103 Å². The third kappa shape index (κ3) is 2.55.